The van der Waals surface area contributed by atoms with Crippen LogP contribution in [0.15, 0.2) is 24.3 Å². The van der Waals surface area contributed by atoms with E-state index in [1.807, 2.05) is 13.8 Å². The highest BCUT2D eigenvalue weighted by molar-refractivity contribution is 5.98. The highest BCUT2D eigenvalue weighted by atomic mass is 16.3. The van der Waals surface area contributed by atoms with Crippen LogP contribution in [0, 0.1) is 13.8 Å². The minimum atomic E-state index is -0.217. The van der Waals surface area contributed by atoms with Crippen molar-refractivity contribution in [3.63, 3.8) is 0 Å². The summed E-state index contributed by atoms with van der Waals surface area (Å²) in [6, 6.07) is 6.82. The maximum Gasteiger partial charge on any atom is 0.163 e. The average Bonchev–Trinajstić information content (AvgIpc) is 2.45. The van der Waals surface area contributed by atoms with Gasteiger partial charge in [0.25, 0.3) is 0 Å². The molecule has 0 radical (unpaired) electrons. The van der Waals surface area contributed by atoms with E-state index in [4.69, 9.17) is 0 Å². The van der Waals surface area contributed by atoms with Crippen molar-refractivity contribution < 1.29 is 19.8 Å². The van der Waals surface area contributed by atoms with E-state index < -0.39 is 0 Å². The third-order valence-corrected chi connectivity index (χ3v) is 3.81. The third-order valence-electron chi connectivity index (χ3n) is 3.81. The first-order valence-corrected chi connectivity index (χ1v) is 7.37. The lowest BCUT2D eigenvalue weighted by atomic mass is 9.94. The van der Waals surface area contributed by atoms with E-state index in [2.05, 4.69) is 0 Å². The Morgan fingerprint density at radius 1 is 0.783 bits per heavy atom. The number of carbonyl (C=O) groups excluding carboxylic acids is 2. The second-order valence-corrected chi connectivity index (χ2v) is 5.93. The molecule has 0 unspecified atom stereocenters. The fourth-order valence-electron chi connectivity index (χ4n) is 2.72. The summed E-state index contributed by atoms with van der Waals surface area (Å²) in [7, 11) is 0. The molecule has 0 aliphatic carbocycles. The Hall–Kier alpha value is -2.62. The third kappa shape index (κ3) is 3.42. The summed E-state index contributed by atoms with van der Waals surface area (Å²) < 4.78 is 0. The molecule has 2 rings (SSSR count). The van der Waals surface area contributed by atoms with Crippen LogP contribution in [-0.4, -0.2) is 21.8 Å². The normalized spacial score (nSPS) is 10.6. The molecule has 120 valence electrons. The van der Waals surface area contributed by atoms with Crippen LogP contribution in [0.3, 0.4) is 0 Å². The van der Waals surface area contributed by atoms with Gasteiger partial charge in [-0.1, -0.05) is 12.1 Å². The summed E-state index contributed by atoms with van der Waals surface area (Å²) in [5.74, 6) is -0.586. The fourth-order valence-corrected chi connectivity index (χ4v) is 2.72. The van der Waals surface area contributed by atoms with Gasteiger partial charge in [-0.2, -0.15) is 0 Å². The Bertz CT molecular complexity index is 736. The zero-order valence-corrected chi connectivity index (χ0v) is 13.7. The van der Waals surface area contributed by atoms with Crippen LogP contribution in [0.5, 0.6) is 11.5 Å². The van der Waals surface area contributed by atoms with Gasteiger partial charge in [-0.05, 0) is 62.1 Å². The van der Waals surface area contributed by atoms with E-state index in [9.17, 15) is 19.8 Å². The predicted octanol–water partition coefficient (Wildman–Crippen LogP) is 3.71. The number of phenols is 2. The highest BCUT2D eigenvalue weighted by Crippen LogP contribution is 2.32. The van der Waals surface area contributed by atoms with E-state index in [0.29, 0.717) is 11.1 Å². The van der Waals surface area contributed by atoms with Crippen molar-refractivity contribution in [1.82, 2.24) is 0 Å². The number of hydrogen-bond acceptors (Lipinski definition) is 4. The molecule has 0 fully saturated rings. The molecule has 0 heterocycles. The SMILES string of the molecule is CC(=O)c1cc(C)cc(Cc2cc(C)cc(C(C)=O)c2O)c1O. The maximum atomic E-state index is 11.6. The van der Waals surface area contributed by atoms with Crippen LogP contribution in [-0.2, 0) is 6.42 Å². The highest BCUT2D eigenvalue weighted by Gasteiger charge is 2.17. The van der Waals surface area contributed by atoms with Crippen molar-refractivity contribution in [1.29, 1.82) is 0 Å². The molecule has 23 heavy (non-hydrogen) atoms. The Balaban J connectivity index is 2.56. The molecule has 2 aromatic rings. The molecule has 4 heteroatoms. The lowest BCUT2D eigenvalue weighted by molar-refractivity contribution is 0.100. The van der Waals surface area contributed by atoms with Gasteiger partial charge in [0.15, 0.2) is 11.6 Å². The number of ketones is 2. The molecule has 0 bridgehead atoms. The van der Waals surface area contributed by atoms with E-state index >= 15 is 0 Å². The summed E-state index contributed by atoms with van der Waals surface area (Å²) in [4.78, 5) is 23.3. The van der Waals surface area contributed by atoms with Crippen molar-refractivity contribution in [3.8, 4) is 11.5 Å². The van der Waals surface area contributed by atoms with E-state index in [1.165, 1.54) is 13.8 Å². The predicted molar refractivity (Wildman–Crippen MR) is 88.5 cm³/mol. The number of Topliss-reactive ketones (excluding diaryl/α,β-unsaturated/α-hetero) is 2. The number of aryl methyl sites for hydroxylation is 2. The van der Waals surface area contributed by atoms with Crippen molar-refractivity contribution >= 4 is 11.6 Å². The van der Waals surface area contributed by atoms with E-state index in [0.717, 1.165) is 11.1 Å². The van der Waals surface area contributed by atoms with Gasteiger partial charge in [0.2, 0.25) is 0 Å². The van der Waals surface area contributed by atoms with Gasteiger partial charge in [0, 0.05) is 6.42 Å². The van der Waals surface area contributed by atoms with Gasteiger partial charge in [0.1, 0.15) is 11.5 Å². The molecule has 0 atom stereocenters. The monoisotopic (exact) mass is 312 g/mol. The molecule has 0 aliphatic heterocycles. The Kier molecular flexibility index (Phi) is 4.55. The Morgan fingerprint density at radius 2 is 1.13 bits per heavy atom. The largest absolute Gasteiger partial charge is 0.507 e. The van der Waals surface area contributed by atoms with Gasteiger partial charge in [0.05, 0.1) is 11.1 Å². The van der Waals surface area contributed by atoms with Crippen LogP contribution < -0.4 is 0 Å². The maximum absolute atomic E-state index is 11.6. The number of rotatable bonds is 4. The quantitative estimate of drug-likeness (QED) is 0.844. The van der Waals surface area contributed by atoms with Crippen LogP contribution in [0.2, 0.25) is 0 Å². The number of benzene rings is 2. The lowest BCUT2D eigenvalue weighted by Crippen LogP contribution is -2.01. The molecule has 0 saturated carbocycles. The first-order valence-electron chi connectivity index (χ1n) is 7.37. The van der Waals surface area contributed by atoms with Gasteiger partial charge >= 0.3 is 0 Å². The minimum Gasteiger partial charge on any atom is -0.507 e. The second kappa shape index (κ2) is 6.24. The summed E-state index contributed by atoms with van der Waals surface area (Å²) in [6.45, 7) is 6.48. The molecule has 0 spiro atoms. The van der Waals surface area contributed by atoms with Crippen molar-refractivity contribution in [2.75, 3.05) is 0 Å². The second-order valence-electron chi connectivity index (χ2n) is 5.93. The van der Waals surface area contributed by atoms with E-state index in [-0.39, 0.29) is 40.6 Å². The topological polar surface area (TPSA) is 74.6 Å². The standard InChI is InChI=1S/C19H20O4/c1-10-5-14(18(22)16(7-10)12(3)20)9-15-6-11(2)8-17(13(4)21)19(15)23/h5-8,22-23H,9H2,1-4H3. The average molecular weight is 312 g/mol. The van der Waals surface area contributed by atoms with Crippen LogP contribution >= 0.6 is 0 Å². The number of hydrogen-bond donors (Lipinski definition) is 2. The van der Waals surface area contributed by atoms with E-state index in [1.54, 1.807) is 24.3 Å². The molecule has 2 aromatic carbocycles. The van der Waals surface area contributed by atoms with Gasteiger partial charge < -0.3 is 10.2 Å². The van der Waals surface area contributed by atoms with Crippen LogP contribution in [0.1, 0.15) is 56.8 Å². The van der Waals surface area contributed by atoms with Gasteiger partial charge in [-0.3, -0.25) is 9.59 Å². The summed E-state index contributed by atoms with van der Waals surface area (Å²) in [5, 5.41) is 20.6. The summed E-state index contributed by atoms with van der Waals surface area (Å²) in [5.41, 5.74) is 3.32. The molecule has 4 nitrogen and oxygen atoms in total. The molecule has 2 N–H and O–H groups in total. The smallest absolute Gasteiger partial charge is 0.163 e. The molecule has 0 aliphatic rings. The number of carbonyl (C=O) groups is 2. The first kappa shape index (κ1) is 16.7. The molecule has 0 amide bonds. The molecular formula is C19H20O4. The first-order chi connectivity index (χ1) is 10.7. The molecule has 0 aromatic heterocycles. The lowest BCUT2D eigenvalue weighted by Gasteiger charge is -2.13. The van der Waals surface area contributed by atoms with Crippen LogP contribution in [0.25, 0.3) is 0 Å². The summed E-state index contributed by atoms with van der Waals surface area (Å²) >= 11 is 0. The molecular weight excluding hydrogens is 292 g/mol. The zero-order chi connectivity index (χ0) is 17.3. The minimum absolute atomic E-state index is 0.0756. The van der Waals surface area contributed by atoms with Crippen molar-refractivity contribution in [3.05, 3.63) is 57.6 Å². The number of phenolic OH excluding ortho intramolecular Hbond substituents is 2. The van der Waals surface area contributed by atoms with Gasteiger partial charge in [-0.25, -0.2) is 0 Å². The zero-order valence-electron chi connectivity index (χ0n) is 13.7. The van der Waals surface area contributed by atoms with Crippen molar-refractivity contribution in [2.24, 2.45) is 0 Å². The Labute approximate surface area is 135 Å². The summed E-state index contributed by atoms with van der Waals surface area (Å²) in [6.07, 6.45) is 0.238. The number of aromatic hydroxyl groups is 2. The van der Waals surface area contributed by atoms with Crippen LogP contribution in [0.4, 0.5) is 0 Å². The Morgan fingerprint density at radius 3 is 1.43 bits per heavy atom. The fraction of sp³-hybridized carbons (Fsp3) is 0.263. The molecule has 0 saturated heterocycles. The van der Waals surface area contributed by atoms with Crippen molar-refractivity contribution in [2.45, 2.75) is 34.1 Å². The van der Waals surface area contributed by atoms with Gasteiger partial charge in [-0.15, -0.1) is 0 Å².